The normalized spacial score (nSPS) is 18.0. The summed E-state index contributed by atoms with van der Waals surface area (Å²) in [4.78, 5) is 29.8. The van der Waals surface area contributed by atoms with Crippen molar-refractivity contribution < 1.29 is 9.59 Å². The summed E-state index contributed by atoms with van der Waals surface area (Å²) in [6.07, 6.45) is 2.93. The van der Waals surface area contributed by atoms with Crippen LogP contribution in [0.15, 0.2) is 48.5 Å². The summed E-state index contributed by atoms with van der Waals surface area (Å²) >= 11 is 0. The van der Waals surface area contributed by atoms with Crippen molar-refractivity contribution >= 4 is 34.6 Å². The van der Waals surface area contributed by atoms with Gasteiger partial charge in [-0.15, -0.1) is 0 Å². The fourth-order valence-electron chi connectivity index (χ4n) is 4.11. The van der Waals surface area contributed by atoms with Gasteiger partial charge in [0, 0.05) is 61.8 Å². The lowest BCUT2D eigenvalue weighted by atomic mass is 9.81. The third-order valence-corrected chi connectivity index (χ3v) is 6.53. The standard InChI is InChI=1S/C26H36N4O2/c1-5-29(3)23-11-7-9-21(17-23)27-25(31)19-13-15-20(16-14-19)26(32)28-22-10-8-12-24(18-22)30(4)6-2/h7-12,17-20H,5-6,13-16H2,1-4H3,(H,27,31)(H,28,32). The Balaban J connectivity index is 1.51. The Labute approximate surface area is 192 Å². The quantitative estimate of drug-likeness (QED) is 0.612. The average molecular weight is 437 g/mol. The first-order valence-corrected chi connectivity index (χ1v) is 11.6. The van der Waals surface area contributed by atoms with Gasteiger partial charge in [-0.3, -0.25) is 9.59 Å². The Hall–Kier alpha value is -3.02. The largest absolute Gasteiger partial charge is 0.375 e. The molecule has 172 valence electrons. The van der Waals surface area contributed by atoms with Gasteiger partial charge in [0.05, 0.1) is 0 Å². The highest BCUT2D eigenvalue weighted by atomic mass is 16.2. The van der Waals surface area contributed by atoms with E-state index in [0.717, 1.165) is 61.5 Å². The second-order valence-electron chi connectivity index (χ2n) is 8.66. The van der Waals surface area contributed by atoms with Crippen molar-refractivity contribution in [3.63, 3.8) is 0 Å². The van der Waals surface area contributed by atoms with Crippen molar-refractivity contribution in [2.75, 3.05) is 47.6 Å². The number of hydrogen-bond donors (Lipinski definition) is 2. The molecule has 0 spiro atoms. The van der Waals surface area contributed by atoms with Gasteiger partial charge < -0.3 is 20.4 Å². The number of benzene rings is 2. The van der Waals surface area contributed by atoms with Crippen LogP contribution in [0.4, 0.5) is 22.7 Å². The van der Waals surface area contributed by atoms with Crippen LogP contribution >= 0.6 is 0 Å². The number of nitrogens with zero attached hydrogens (tertiary/aromatic N) is 2. The van der Waals surface area contributed by atoms with Crippen molar-refractivity contribution in [2.24, 2.45) is 11.8 Å². The van der Waals surface area contributed by atoms with Crippen molar-refractivity contribution in [3.05, 3.63) is 48.5 Å². The second kappa shape index (κ2) is 11.0. The third kappa shape index (κ3) is 6.02. The van der Waals surface area contributed by atoms with Crippen LogP contribution in [0.25, 0.3) is 0 Å². The van der Waals surface area contributed by atoms with E-state index in [9.17, 15) is 9.59 Å². The number of nitrogens with one attached hydrogen (secondary N) is 2. The number of amides is 2. The lowest BCUT2D eigenvalue weighted by Gasteiger charge is -2.27. The van der Waals surface area contributed by atoms with Gasteiger partial charge in [0.15, 0.2) is 0 Å². The molecule has 2 aromatic carbocycles. The van der Waals surface area contributed by atoms with Gasteiger partial charge in [-0.1, -0.05) is 12.1 Å². The maximum absolute atomic E-state index is 12.8. The van der Waals surface area contributed by atoms with Crippen LogP contribution < -0.4 is 20.4 Å². The monoisotopic (exact) mass is 436 g/mol. The molecule has 32 heavy (non-hydrogen) atoms. The maximum atomic E-state index is 12.8. The smallest absolute Gasteiger partial charge is 0.227 e. The molecule has 0 unspecified atom stereocenters. The lowest BCUT2D eigenvalue weighted by molar-refractivity contribution is -0.125. The molecule has 0 bridgehead atoms. The predicted molar refractivity (Wildman–Crippen MR) is 133 cm³/mol. The van der Waals surface area contributed by atoms with Crippen LogP contribution in [-0.4, -0.2) is 39.0 Å². The summed E-state index contributed by atoms with van der Waals surface area (Å²) in [5.74, 6) is 0.00668. The summed E-state index contributed by atoms with van der Waals surface area (Å²) < 4.78 is 0. The molecule has 0 heterocycles. The van der Waals surface area contributed by atoms with E-state index in [0.29, 0.717) is 0 Å². The summed E-state index contributed by atoms with van der Waals surface area (Å²) in [5.41, 5.74) is 3.81. The van der Waals surface area contributed by atoms with E-state index in [2.05, 4.69) is 34.3 Å². The molecule has 3 rings (SSSR count). The first-order chi connectivity index (χ1) is 15.4. The predicted octanol–water partition coefficient (Wildman–Crippen LogP) is 4.98. The Bertz CT molecular complexity index is 846. The number of anilines is 4. The number of carbonyl (C=O) groups excluding carboxylic acids is 2. The van der Waals surface area contributed by atoms with Gasteiger partial charge in [-0.2, -0.15) is 0 Å². The van der Waals surface area contributed by atoms with Crippen molar-refractivity contribution in [1.29, 1.82) is 0 Å². The highest BCUT2D eigenvalue weighted by Gasteiger charge is 2.30. The van der Waals surface area contributed by atoms with Gasteiger partial charge in [0.2, 0.25) is 11.8 Å². The van der Waals surface area contributed by atoms with E-state index >= 15 is 0 Å². The molecule has 0 aromatic heterocycles. The van der Waals surface area contributed by atoms with Gasteiger partial charge in [0.1, 0.15) is 0 Å². The van der Waals surface area contributed by atoms with Gasteiger partial charge >= 0.3 is 0 Å². The SMILES string of the molecule is CCN(C)c1cccc(NC(=O)C2CCC(C(=O)Nc3cccc(N(C)CC)c3)CC2)c1. The molecule has 1 saturated carbocycles. The molecule has 0 atom stereocenters. The van der Waals surface area contributed by atoms with Gasteiger partial charge in [-0.25, -0.2) is 0 Å². The number of rotatable bonds is 8. The van der Waals surface area contributed by atoms with Crippen LogP contribution in [0.3, 0.4) is 0 Å². The molecule has 0 aliphatic heterocycles. The van der Waals surface area contributed by atoms with Crippen molar-refractivity contribution in [2.45, 2.75) is 39.5 Å². The van der Waals surface area contributed by atoms with Crippen LogP contribution in [0.5, 0.6) is 0 Å². The zero-order valence-electron chi connectivity index (χ0n) is 19.7. The molecule has 1 aliphatic carbocycles. The van der Waals surface area contributed by atoms with Gasteiger partial charge in [0.25, 0.3) is 0 Å². The number of hydrogen-bond acceptors (Lipinski definition) is 4. The highest BCUT2D eigenvalue weighted by Crippen LogP contribution is 2.31. The fourth-order valence-corrected chi connectivity index (χ4v) is 4.11. The minimum atomic E-state index is -0.0480. The summed E-state index contributed by atoms with van der Waals surface area (Å²) in [6.45, 7) is 6.01. The van der Waals surface area contributed by atoms with Gasteiger partial charge in [-0.05, 0) is 75.9 Å². The first-order valence-electron chi connectivity index (χ1n) is 11.6. The van der Waals surface area contributed by atoms with E-state index in [-0.39, 0.29) is 23.7 Å². The Morgan fingerprint density at radius 2 is 1.12 bits per heavy atom. The maximum Gasteiger partial charge on any atom is 0.227 e. The molecule has 0 saturated heterocycles. The molecule has 1 fully saturated rings. The summed E-state index contributed by atoms with van der Waals surface area (Å²) in [7, 11) is 4.07. The van der Waals surface area contributed by atoms with Crippen LogP contribution in [0.2, 0.25) is 0 Å². The van der Waals surface area contributed by atoms with Crippen LogP contribution in [0, 0.1) is 11.8 Å². The van der Waals surface area contributed by atoms with Crippen LogP contribution in [-0.2, 0) is 9.59 Å². The molecule has 1 aliphatic rings. The zero-order chi connectivity index (χ0) is 23.1. The van der Waals surface area contributed by atoms with E-state index < -0.39 is 0 Å². The summed E-state index contributed by atoms with van der Waals surface area (Å²) in [6, 6.07) is 15.9. The molecule has 0 radical (unpaired) electrons. The molecular formula is C26H36N4O2. The topological polar surface area (TPSA) is 64.7 Å². The Morgan fingerprint density at radius 1 is 0.750 bits per heavy atom. The zero-order valence-corrected chi connectivity index (χ0v) is 19.7. The number of carbonyl (C=O) groups is 2. The fraction of sp³-hybridized carbons (Fsp3) is 0.462. The minimum absolute atomic E-state index is 0.0480. The molecule has 2 amide bonds. The second-order valence-corrected chi connectivity index (χ2v) is 8.66. The van der Waals surface area contributed by atoms with E-state index in [4.69, 9.17) is 0 Å². The lowest BCUT2D eigenvalue weighted by Crippen LogP contribution is -2.32. The molecular weight excluding hydrogens is 400 g/mol. The third-order valence-electron chi connectivity index (χ3n) is 6.53. The van der Waals surface area contributed by atoms with Crippen molar-refractivity contribution in [3.8, 4) is 0 Å². The molecule has 2 aromatic rings. The van der Waals surface area contributed by atoms with Crippen LogP contribution in [0.1, 0.15) is 39.5 Å². The average Bonchev–Trinajstić information content (AvgIpc) is 2.83. The summed E-state index contributed by atoms with van der Waals surface area (Å²) in [5, 5.41) is 6.13. The van der Waals surface area contributed by atoms with Crippen molar-refractivity contribution in [1.82, 2.24) is 0 Å². The molecule has 2 N–H and O–H groups in total. The Morgan fingerprint density at radius 3 is 1.47 bits per heavy atom. The minimum Gasteiger partial charge on any atom is -0.375 e. The molecule has 6 nitrogen and oxygen atoms in total. The van der Waals surface area contributed by atoms with E-state index in [1.165, 1.54) is 0 Å². The molecule has 6 heteroatoms. The van der Waals surface area contributed by atoms with E-state index in [1.807, 2.05) is 62.6 Å². The highest BCUT2D eigenvalue weighted by molar-refractivity contribution is 5.95. The first kappa shape index (κ1) is 23.6. The Kier molecular flexibility index (Phi) is 8.14. The van der Waals surface area contributed by atoms with E-state index in [1.54, 1.807) is 0 Å².